The van der Waals surface area contributed by atoms with E-state index in [4.69, 9.17) is 8.85 Å². The topological polar surface area (TPSA) is 52.6 Å². The Bertz CT molecular complexity index is 617. The van der Waals surface area contributed by atoms with Crippen molar-refractivity contribution >= 4 is 43.0 Å². The fraction of sp³-hybridized carbons (Fsp3) is 0.636. The van der Waals surface area contributed by atoms with Crippen LogP contribution in [0.3, 0.4) is 0 Å². The molecule has 163 valence electrons. The summed E-state index contributed by atoms with van der Waals surface area (Å²) < 4.78 is 11.9. The molecular formula is C22H35O4S2Si. The van der Waals surface area contributed by atoms with E-state index in [1.165, 1.54) is 40.2 Å². The molecule has 0 fully saturated rings. The second-order valence-corrected chi connectivity index (χ2v) is 11.2. The molecule has 0 aromatic heterocycles. The molecule has 0 heterocycles. The third kappa shape index (κ3) is 12.6. The molecule has 7 heteroatoms. The third-order valence-corrected chi connectivity index (χ3v) is 7.52. The molecule has 0 N–H and O–H groups in total. The average molecular weight is 456 g/mol. The van der Waals surface area contributed by atoms with Crippen molar-refractivity contribution in [2.75, 3.05) is 24.7 Å². The highest BCUT2D eigenvalue weighted by molar-refractivity contribution is 8.13. The van der Waals surface area contributed by atoms with Crippen LogP contribution in [0.15, 0.2) is 18.2 Å². The summed E-state index contributed by atoms with van der Waals surface area (Å²) in [7, 11) is -1.23. The summed E-state index contributed by atoms with van der Waals surface area (Å²) in [4.78, 5) is 22.5. The first-order chi connectivity index (χ1) is 14.0. The Labute approximate surface area is 186 Å². The van der Waals surface area contributed by atoms with Crippen molar-refractivity contribution in [3.63, 3.8) is 0 Å². The zero-order valence-electron chi connectivity index (χ0n) is 18.3. The smallest absolute Gasteiger partial charge is 0.384 e. The van der Waals surface area contributed by atoms with Crippen molar-refractivity contribution in [2.45, 2.75) is 65.8 Å². The Morgan fingerprint density at radius 3 is 1.93 bits per heavy atom. The highest BCUT2D eigenvalue weighted by Gasteiger charge is 2.16. The summed E-state index contributed by atoms with van der Waals surface area (Å²) in [6.45, 7) is 8.98. The Balaban J connectivity index is 2.76. The molecule has 1 aromatic rings. The number of carbonyl (C=O) groups is 2. The van der Waals surface area contributed by atoms with E-state index in [0.29, 0.717) is 0 Å². The first-order valence-electron chi connectivity index (χ1n) is 10.4. The Morgan fingerprint density at radius 1 is 0.862 bits per heavy atom. The number of thioether (sulfide) groups is 2. The predicted molar refractivity (Wildman–Crippen MR) is 127 cm³/mol. The Hall–Kier alpha value is -0.603. The maximum atomic E-state index is 11.3. The normalized spacial score (nSPS) is 11.2. The molecule has 0 amide bonds. The van der Waals surface area contributed by atoms with E-state index >= 15 is 0 Å². The minimum Gasteiger partial charge on any atom is -0.393 e. The first-order valence-corrected chi connectivity index (χ1v) is 13.9. The van der Waals surface area contributed by atoms with Crippen LogP contribution in [0.25, 0.3) is 0 Å². The van der Waals surface area contributed by atoms with Gasteiger partial charge in [-0.05, 0) is 54.8 Å². The van der Waals surface area contributed by atoms with E-state index in [9.17, 15) is 9.59 Å². The minimum absolute atomic E-state index is 0.156. The van der Waals surface area contributed by atoms with E-state index in [1.807, 2.05) is 0 Å². The molecular weight excluding hydrogens is 420 g/mol. The maximum Gasteiger partial charge on any atom is 0.384 e. The summed E-state index contributed by atoms with van der Waals surface area (Å²) in [5.41, 5.74) is 3.86. The van der Waals surface area contributed by atoms with Crippen LogP contribution in [0.5, 0.6) is 0 Å². The zero-order chi connectivity index (χ0) is 21.5. The van der Waals surface area contributed by atoms with Crippen LogP contribution < -0.4 is 0 Å². The van der Waals surface area contributed by atoms with Crippen molar-refractivity contribution in [3.05, 3.63) is 34.9 Å². The molecule has 0 aliphatic rings. The van der Waals surface area contributed by atoms with Crippen LogP contribution in [0.1, 0.15) is 57.2 Å². The predicted octanol–water partition coefficient (Wildman–Crippen LogP) is 5.21. The summed E-state index contributed by atoms with van der Waals surface area (Å²) in [5, 5.41) is 0.312. The molecule has 0 saturated heterocycles. The standard InChI is InChI=1S/C22H35O4S2Si/c1-5-12-25-29(26-13-6-2)16-11-20-7-8-21(9-14-27-18(3)23)22(17-20)10-15-28-19(4)24/h7-8,17H,5-6,9-16H2,1-4H3. The highest BCUT2D eigenvalue weighted by atomic mass is 32.2. The van der Waals surface area contributed by atoms with Gasteiger partial charge in [0.2, 0.25) is 0 Å². The first kappa shape index (κ1) is 26.4. The van der Waals surface area contributed by atoms with Crippen molar-refractivity contribution < 1.29 is 18.4 Å². The number of benzene rings is 1. The summed E-state index contributed by atoms with van der Waals surface area (Å²) in [6, 6.07) is 7.59. The van der Waals surface area contributed by atoms with Crippen molar-refractivity contribution in [2.24, 2.45) is 0 Å². The number of carbonyl (C=O) groups excluding carboxylic acids is 2. The van der Waals surface area contributed by atoms with Gasteiger partial charge in [-0.1, -0.05) is 55.6 Å². The molecule has 0 atom stereocenters. The van der Waals surface area contributed by atoms with Gasteiger partial charge in [-0.3, -0.25) is 9.59 Å². The molecule has 0 aliphatic heterocycles. The molecule has 29 heavy (non-hydrogen) atoms. The maximum absolute atomic E-state index is 11.3. The SMILES string of the molecule is CCCO[Si](CCc1ccc(CCSC(C)=O)c(CCSC(C)=O)c1)OCCC. The lowest BCUT2D eigenvalue weighted by molar-refractivity contribution is -0.109. The van der Waals surface area contributed by atoms with Gasteiger partial charge in [0.15, 0.2) is 10.2 Å². The molecule has 0 saturated carbocycles. The number of hydrogen-bond acceptors (Lipinski definition) is 6. The van der Waals surface area contributed by atoms with Gasteiger partial charge in [-0.15, -0.1) is 0 Å². The van der Waals surface area contributed by atoms with Crippen LogP contribution in [0.2, 0.25) is 6.04 Å². The Kier molecular flexibility index (Phi) is 14.7. The third-order valence-electron chi connectivity index (χ3n) is 4.18. The van der Waals surface area contributed by atoms with Crippen molar-refractivity contribution in [1.82, 2.24) is 0 Å². The van der Waals surface area contributed by atoms with Gasteiger partial charge in [0, 0.05) is 38.6 Å². The molecule has 1 aromatic carbocycles. The fourth-order valence-electron chi connectivity index (χ4n) is 2.79. The molecule has 0 spiro atoms. The molecule has 1 rings (SSSR count). The minimum atomic E-state index is -1.23. The molecule has 0 aliphatic carbocycles. The van der Waals surface area contributed by atoms with Crippen LogP contribution in [0, 0.1) is 0 Å². The van der Waals surface area contributed by atoms with Crippen molar-refractivity contribution in [1.29, 1.82) is 0 Å². The van der Waals surface area contributed by atoms with E-state index in [2.05, 4.69) is 32.0 Å². The fourth-order valence-corrected chi connectivity index (χ4v) is 5.73. The average Bonchev–Trinajstić information content (AvgIpc) is 2.68. The highest BCUT2D eigenvalue weighted by Crippen LogP contribution is 2.20. The van der Waals surface area contributed by atoms with Crippen LogP contribution in [-0.4, -0.2) is 44.2 Å². The van der Waals surface area contributed by atoms with Crippen LogP contribution >= 0.6 is 23.5 Å². The van der Waals surface area contributed by atoms with Gasteiger partial charge >= 0.3 is 9.28 Å². The number of hydrogen-bond donors (Lipinski definition) is 0. The lowest BCUT2D eigenvalue weighted by atomic mass is 9.99. The summed E-state index contributed by atoms with van der Waals surface area (Å²) in [6.07, 6.45) is 4.70. The van der Waals surface area contributed by atoms with Crippen LogP contribution in [0.4, 0.5) is 0 Å². The second kappa shape index (κ2) is 16.1. The molecule has 1 radical (unpaired) electrons. The second-order valence-electron chi connectivity index (χ2n) is 6.85. The number of aryl methyl sites for hydroxylation is 3. The van der Waals surface area contributed by atoms with Gasteiger partial charge in [-0.2, -0.15) is 0 Å². The van der Waals surface area contributed by atoms with Gasteiger partial charge in [-0.25, -0.2) is 0 Å². The van der Waals surface area contributed by atoms with Crippen LogP contribution in [-0.2, 0) is 37.7 Å². The summed E-state index contributed by atoms with van der Waals surface area (Å²) >= 11 is 2.74. The van der Waals surface area contributed by atoms with Gasteiger partial charge in [0.05, 0.1) is 0 Å². The van der Waals surface area contributed by atoms with E-state index in [-0.39, 0.29) is 10.2 Å². The quantitative estimate of drug-likeness (QED) is 0.338. The van der Waals surface area contributed by atoms with E-state index in [0.717, 1.165) is 62.9 Å². The van der Waals surface area contributed by atoms with Gasteiger partial charge in [0.1, 0.15) is 0 Å². The van der Waals surface area contributed by atoms with Gasteiger partial charge in [0.25, 0.3) is 0 Å². The molecule has 0 bridgehead atoms. The molecule has 4 nitrogen and oxygen atoms in total. The Morgan fingerprint density at radius 2 is 1.41 bits per heavy atom. The van der Waals surface area contributed by atoms with E-state index < -0.39 is 9.28 Å². The van der Waals surface area contributed by atoms with Crippen molar-refractivity contribution in [3.8, 4) is 0 Å². The van der Waals surface area contributed by atoms with E-state index in [1.54, 1.807) is 13.8 Å². The largest absolute Gasteiger partial charge is 0.393 e. The lowest BCUT2D eigenvalue weighted by Gasteiger charge is -2.16. The monoisotopic (exact) mass is 455 g/mol. The zero-order valence-corrected chi connectivity index (χ0v) is 20.9. The lowest BCUT2D eigenvalue weighted by Crippen LogP contribution is -2.24. The van der Waals surface area contributed by atoms with Gasteiger partial charge < -0.3 is 8.85 Å². The number of rotatable bonds is 15. The molecule has 0 unspecified atom stereocenters. The summed E-state index contributed by atoms with van der Waals surface area (Å²) in [5.74, 6) is 1.59.